The van der Waals surface area contributed by atoms with Crippen LogP contribution in [0.4, 0.5) is 0 Å². The number of ether oxygens (including phenoxy) is 1. The summed E-state index contributed by atoms with van der Waals surface area (Å²) in [5.41, 5.74) is 0.174. The van der Waals surface area contributed by atoms with Gasteiger partial charge in [0.15, 0.2) is 23.0 Å². The molecule has 0 saturated heterocycles. The highest BCUT2D eigenvalue weighted by molar-refractivity contribution is 6.20. The Morgan fingerprint density at radius 1 is 0.875 bits per heavy atom. The number of benzene rings is 2. The van der Waals surface area contributed by atoms with Gasteiger partial charge >= 0.3 is 5.97 Å². The topological polar surface area (TPSA) is 130 Å². The summed E-state index contributed by atoms with van der Waals surface area (Å²) in [6.45, 7) is 0. The van der Waals surface area contributed by atoms with Gasteiger partial charge in [-0.05, 0) is 47.2 Å². The van der Waals surface area contributed by atoms with Crippen LogP contribution < -0.4 is 5.11 Å². The highest BCUT2D eigenvalue weighted by Crippen LogP contribution is 2.35. The van der Waals surface area contributed by atoms with E-state index in [-0.39, 0.29) is 34.1 Å². The number of aromatic hydroxyl groups is 4. The van der Waals surface area contributed by atoms with E-state index in [0.29, 0.717) is 5.56 Å². The molecule has 1 heterocycles. The highest BCUT2D eigenvalue weighted by Gasteiger charge is 2.26. The van der Waals surface area contributed by atoms with Gasteiger partial charge in [0, 0.05) is 0 Å². The van der Waals surface area contributed by atoms with E-state index in [1.807, 2.05) is 0 Å². The number of hydrogen-bond acceptors (Lipinski definition) is 7. The third kappa shape index (κ3) is 2.58. The molecular weight excluding hydrogens is 316 g/mol. The Morgan fingerprint density at radius 3 is 2.12 bits per heavy atom. The van der Waals surface area contributed by atoms with Crippen molar-refractivity contribution in [1.29, 1.82) is 0 Å². The lowest BCUT2D eigenvalue weighted by molar-refractivity contribution is -0.298. The van der Waals surface area contributed by atoms with Gasteiger partial charge in [-0.15, -0.1) is 0 Å². The first kappa shape index (κ1) is 15.3. The van der Waals surface area contributed by atoms with Crippen molar-refractivity contribution in [1.82, 2.24) is 0 Å². The molecule has 0 aromatic heterocycles. The minimum absolute atomic E-state index is 0.109. The van der Waals surface area contributed by atoms with Crippen molar-refractivity contribution >= 4 is 17.6 Å². The normalized spacial score (nSPS) is 15.8. The Labute approximate surface area is 135 Å². The quantitative estimate of drug-likeness (QED) is 0.481. The van der Waals surface area contributed by atoms with Crippen molar-refractivity contribution in [2.75, 3.05) is 0 Å². The monoisotopic (exact) mass is 327 g/mol. The zero-order chi connectivity index (χ0) is 17.4. The number of phenols is 4. The average Bonchev–Trinajstić information content (AvgIpc) is 2.80. The molecule has 2 aromatic carbocycles. The number of carbonyl (C=O) groups excluding carboxylic acids is 1. The van der Waals surface area contributed by atoms with Crippen molar-refractivity contribution in [3.05, 3.63) is 59.0 Å². The number of esters is 1. The fourth-order valence-electron chi connectivity index (χ4n) is 2.22. The van der Waals surface area contributed by atoms with E-state index in [2.05, 4.69) is 0 Å². The first-order valence-corrected chi connectivity index (χ1v) is 6.76. The number of rotatable bonds is 2. The molecule has 2 aromatic rings. The van der Waals surface area contributed by atoms with Gasteiger partial charge in [0.25, 0.3) is 0 Å². The number of phenolic OH excluding ortho intramolecular Hbond substituents is 4. The van der Waals surface area contributed by atoms with Crippen LogP contribution in [-0.2, 0) is 9.53 Å². The SMILES string of the molecule is O=C1O/C(=C\c2ccc(O)c(O)c2)C([O-])=C1c1ccc(O)c(O)c1. The molecule has 0 atom stereocenters. The van der Waals surface area contributed by atoms with E-state index in [9.17, 15) is 30.3 Å². The van der Waals surface area contributed by atoms with Gasteiger partial charge in [-0.25, -0.2) is 4.79 Å². The van der Waals surface area contributed by atoms with Crippen LogP contribution in [0.15, 0.2) is 47.9 Å². The minimum Gasteiger partial charge on any atom is -0.869 e. The lowest BCUT2D eigenvalue weighted by Crippen LogP contribution is -2.05. The second-order valence-corrected chi connectivity index (χ2v) is 5.05. The molecule has 0 bridgehead atoms. The summed E-state index contributed by atoms with van der Waals surface area (Å²) in [5, 5.41) is 49.9. The molecule has 0 radical (unpaired) electrons. The van der Waals surface area contributed by atoms with Crippen LogP contribution in [-0.4, -0.2) is 26.4 Å². The summed E-state index contributed by atoms with van der Waals surface area (Å²) in [6.07, 6.45) is 1.24. The molecule has 1 aliphatic heterocycles. The molecule has 3 rings (SSSR count). The number of hydrogen-bond donors (Lipinski definition) is 4. The summed E-state index contributed by atoms with van der Waals surface area (Å²) >= 11 is 0. The zero-order valence-electron chi connectivity index (χ0n) is 12.1. The zero-order valence-corrected chi connectivity index (χ0v) is 12.1. The lowest BCUT2D eigenvalue weighted by Gasteiger charge is -2.09. The Hall–Kier alpha value is -3.61. The second-order valence-electron chi connectivity index (χ2n) is 5.05. The van der Waals surface area contributed by atoms with Crippen molar-refractivity contribution in [2.24, 2.45) is 0 Å². The van der Waals surface area contributed by atoms with Crippen LogP contribution in [0.5, 0.6) is 23.0 Å². The Kier molecular flexibility index (Phi) is 3.53. The van der Waals surface area contributed by atoms with Crippen molar-refractivity contribution in [3.63, 3.8) is 0 Å². The number of cyclic esters (lactones) is 1. The summed E-state index contributed by atoms with van der Waals surface area (Å²) in [4.78, 5) is 11.9. The Bertz CT molecular complexity index is 909. The molecule has 7 heteroatoms. The molecule has 1 aliphatic rings. The maximum atomic E-state index is 12.4. The van der Waals surface area contributed by atoms with Gasteiger partial charge in [0.2, 0.25) is 0 Å². The third-order valence-corrected chi connectivity index (χ3v) is 3.42. The van der Waals surface area contributed by atoms with E-state index in [1.54, 1.807) is 0 Å². The third-order valence-electron chi connectivity index (χ3n) is 3.42. The molecule has 0 amide bonds. The molecule has 7 nitrogen and oxygen atoms in total. The predicted molar refractivity (Wildman–Crippen MR) is 80.5 cm³/mol. The largest absolute Gasteiger partial charge is 0.869 e. The van der Waals surface area contributed by atoms with Crippen molar-refractivity contribution in [2.45, 2.75) is 0 Å². The minimum atomic E-state index is -0.889. The molecular formula is C17H11O7-. The summed E-state index contributed by atoms with van der Waals surface area (Å²) in [6, 6.07) is 7.39. The van der Waals surface area contributed by atoms with Crippen LogP contribution in [0.2, 0.25) is 0 Å². The van der Waals surface area contributed by atoms with Crippen LogP contribution in [0, 0.1) is 0 Å². The van der Waals surface area contributed by atoms with E-state index in [0.717, 1.165) is 12.1 Å². The maximum Gasteiger partial charge on any atom is 0.343 e. The molecule has 24 heavy (non-hydrogen) atoms. The van der Waals surface area contributed by atoms with E-state index in [1.165, 1.54) is 30.3 Å². The smallest absolute Gasteiger partial charge is 0.343 e. The van der Waals surface area contributed by atoms with Crippen molar-refractivity contribution < 1.29 is 35.1 Å². The fraction of sp³-hybridized carbons (Fsp3) is 0. The molecule has 0 spiro atoms. The lowest BCUT2D eigenvalue weighted by atomic mass is 10.0. The molecule has 0 unspecified atom stereocenters. The first-order chi connectivity index (χ1) is 11.4. The van der Waals surface area contributed by atoms with Gasteiger partial charge in [0.1, 0.15) is 5.76 Å². The van der Waals surface area contributed by atoms with Crippen molar-refractivity contribution in [3.8, 4) is 23.0 Å². The number of carbonyl (C=O) groups is 1. The first-order valence-electron chi connectivity index (χ1n) is 6.76. The highest BCUT2D eigenvalue weighted by atomic mass is 16.6. The van der Waals surface area contributed by atoms with Crippen LogP contribution in [0.3, 0.4) is 0 Å². The summed E-state index contributed by atoms with van der Waals surface area (Å²) in [7, 11) is 0. The van der Waals surface area contributed by atoms with Crippen LogP contribution in [0.25, 0.3) is 11.6 Å². The van der Waals surface area contributed by atoms with Gasteiger partial charge in [-0.1, -0.05) is 12.1 Å². The summed E-state index contributed by atoms with van der Waals surface area (Å²) in [5.74, 6) is -3.40. The maximum absolute atomic E-state index is 12.4. The molecule has 0 aliphatic carbocycles. The van der Waals surface area contributed by atoms with E-state index >= 15 is 0 Å². The second kappa shape index (κ2) is 5.54. The standard InChI is InChI=1S/C17H12O7/c18-10-3-1-8(5-12(10)20)6-14-16(22)15(17(23)24-14)9-2-4-11(19)13(21)7-9/h1-7,18-22H/p-1/b14-6-. The predicted octanol–water partition coefficient (Wildman–Crippen LogP) is 1.18. The summed E-state index contributed by atoms with van der Waals surface area (Å²) < 4.78 is 4.93. The van der Waals surface area contributed by atoms with Gasteiger partial charge < -0.3 is 30.3 Å². The Morgan fingerprint density at radius 2 is 1.50 bits per heavy atom. The van der Waals surface area contributed by atoms with Gasteiger partial charge in [-0.2, -0.15) is 0 Å². The molecule has 0 saturated carbocycles. The van der Waals surface area contributed by atoms with E-state index in [4.69, 9.17) is 4.74 Å². The van der Waals surface area contributed by atoms with Gasteiger partial charge in [-0.3, -0.25) is 0 Å². The van der Waals surface area contributed by atoms with Crippen LogP contribution >= 0.6 is 0 Å². The molecule has 4 N–H and O–H groups in total. The fourth-order valence-corrected chi connectivity index (χ4v) is 2.22. The van der Waals surface area contributed by atoms with Crippen LogP contribution in [0.1, 0.15) is 11.1 Å². The average molecular weight is 327 g/mol. The molecule has 122 valence electrons. The van der Waals surface area contributed by atoms with Gasteiger partial charge in [0.05, 0.1) is 5.57 Å². The Balaban J connectivity index is 2.04. The molecule has 0 fully saturated rings. The van der Waals surface area contributed by atoms with E-state index < -0.39 is 17.5 Å².